The second-order valence-corrected chi connectivity index (χ2v) is 6.86. The molecule has 1 heterocycles. The van der Waals surface area contributed by atoms with Crippen molar-refractivity contribution in [3.63, 3.8) is 0 Å². The van der Waals surface area contributed by atoms with E-state index in [9.17, 15) is 9.90 Å². The van der Waals surface area contributed by atoms with E-state index >= 15 is 0 Å². The van der Waals surface area contributed by atoms with Crippen LogP contribution in [-0.4, -0.2) is 5.11 Å². The van der Waals surface area contributed by atoms with Gasteiger partial charge >= 0.3 is 0 Å². The molecule has 3 heteroatoms. The number of fused-ring (bicyclic) bond motifs is 1. The summed E-state index contributed by atoms with van der Waals surface area (Å²) in [6, 6.07) is 10.9. The first-order valence-electron chi connectivity index (χ1n) is 8.26. The van der Waals surface area contributed by atoms with Gasteiger partial charge in [0.25, 0.3) is 0 Å². The first kappa shape index (κ1) is 16.3. The van der Waals surface area contributed by atoms with Crippen LogP contribution in [0.1, 0.15) is 50.7 Å². The Balaban J connectivity index is 2.25. The minimum Gasteiger partial charge on any atom is -0.508 e. The lowest BCUT2D eigenvalue weighted by Gasteiger charge is -2.14. The summed E-state index contributed by atoms with van der Waals surface area (Å²) < 4.78 is 5.60. The molecule has 0 bridgehead atoms. The minimum absolute atomic E-state index is 0.0770. The van der Waals surface area contributed by atoms with Crippen molar-refractivity contribution in [1.29, 1.82) is 0 Å². The van der Waals surface area contributed by atoms with E-state index in [0.717, 1.165) is 5.56 Å². The van der Waals surface area contributed by atoms with E-state index in [4.69, 9.17) is 4.42 Å². The fourth-order valence-electron chi connectivity index (χ4n) is 2.81. The highest BCUT2D eigenvalue weighted by Gasteiger charge is 2.13. The molecule has 0 saturated carbocycles. The Morgan fingerprint density at radius 1 is 0.917 bits per heavy atom. The zero-order valence-electron chi connectivity index (χ0n) is 14.5. The maximum absolute atomic E-state index is 12.9. The average molecular weight is 322 g/mol. The first-order valence-corrected chi connectivity index (χ1v) is 8.26. The molecule has 0 unspecified atom stereocenters. The zero-order chi connectivity index (χ0) is 17.4. The molecule has 0 aliphatic heterocycles. The molecule has 2 aromatic carbocycles. The lowest BCUT2D eigenvalue weighted by Crippen LogP contribution is -2.06. The Labute approximate surface area is 141 Å². The molecule has 24 heavy (non-hydrogen) atoms. The van der Waals surface area contributed by atoms with Crippen molar-refractivity contribution in [3.05, 3.63) is 64.0 Å². The number of phenols is 1. The summed E-state index contributed by atoms with van der Waals surface area (Å²) in [5.74, 6) is 0.848. The molecule has 1 aromatic heterocycles. The lowest BCUT2D eigenvalue weighted by molar-refractivity contribution is 0.474. The highest BCUT2D eigenvalue weighted by Crippen LogP contribution is 2.29. The smallest absolute Gasteiger partial charge is 0.200 e. The Kier molecular flexibility index (Phi) is 4.18. The third kappa shape index (κ3) is 2.94. The van der Waals surface area contributed by atoms with E-state index in [1.165, 1.54) is 29.5 Å². The third-order valence-electron chi connectivity index (χ3n) is 4.38. The van der Waals surface area contributed by atoms with Crippen LogP contribution < -0.4 is 5.43 Å². The summed E-state index contributed by atoms with van der Waals surface area (Å²) in [6.07, 6.45) is 1.49. The van der Waals surface area contributed by atoms with Gasteiger partial charge in [-0.2, -0.15) is 0 Å². The van der Waals surface area contributed by atoms with Crippen LogP contribution in [0, 0.1) is 0 Å². The van der Waals surface area contributed by atoms with Crippen molar-refractivity contribution in [2.75, 3.05) is 0 Å². The van der Waals surface area contributed by atoms with Gasteiger partial charge in [-0.05, 0) is 40.7 Å². The minimum atomic E-state index is -0.0770. The van der Waals surface area contributed by atoms with E-state index in [2.05, 4.69) is 45.9 Å². The van der Waals surface area contributed by atoms with Gasteiger partial charge in [-0.1, -0.05) is 45.9 Å². The van der Waals surface area contributed by atoms with Crippen molar-refractivity contribution >= 4 is 11.0 Å². The molecule has 0 aliphatic rings. The largest absolute Gasteiger partial charge is 0.508 e. The number of hydrogen-bond acceptors (Lipinski definition) is 3. The highest BCUT2D eigenvalue weighted by molar-refractivity contribution is 5.82. The van der Waals surface area contributed by atoms with E-state index in [1.54, 1.807) is 6.07 Å². The molecular formula is C21H22O3. The number of rotatable bonds is 3. The van der Waals surface area contributed by atoms with Gasteiger partial charge in [-0.25, -0.2) is 0 Å². The van der Waals surface area contributed by atoms with Crippen molar-refractivity contribution in [2.45, 2.75) is 39.5 Å². The molecule has 0 amide bonds. The van der Waals surface area contributed by atoms with Gasteiger partial charge in [0, 0.05) is 6.07 Å². The first-order chi connectivity index (χ1) is 11.4. The van der Waals surface area contributed by atoms with Crippen LogP contribution in [0.25, 0.3) is 22.1 Å². The number of aromatic hydroxyl groups is 1. The summed E-state index contributed by atoms with van der Waals surface area (Å²) in [4.78, 5) is 12.9. The van der Waals surface area contributed by atoms with Gasteiger partial charge in [0.15, 0.2) is 5.43 Å². The van der Waals surface area contributed by atoms with Gasteiger partial charge in [-0.15, -0.1) is 0 Å². The zero-order valence-corrected chi connectivity index (χ0v) is 14.5. The fraction of sp³-hybridized carbons (Fsp3) is 0.286. The Morgan fingerprint density at radius 2 is 1.54 bits per heavy atom. The molecule has 0 spiro atoms. The monoisotopic (exact) mass is 322 g/mol. The topological polar surface area (TPSA) is 50.4 Å². The third-order valence-corrected chi connectivity index (χ3v) is 4.38. The van der Waals surface area contributed by atoms with Crippen LogP contribution in [-0.2, 0) is 0 Å². The predicted molar refractivity (Wildman–Crippen MR) is 97.8 cm³/mol. The Bertz CT molecular complexity index is 923. The quantitative estimate of drug-likeness (QED) is 0.701. The second kappa shape index (κ2) is 6.16. The van der Waals surface area contributed by atoms with Crippen LogP contribution in [0.15, 0.2) is 51.9 Å². The SMILES string of the molecule is CC(C)c1cc(-c2coc3cc(O)ccc3c2=O)cc(C(C)C)c1. The predicted octanol–water partition coefficient (Wildman–Crippen LogP) is 5.41. The van der Waals surface area contributed by atoms with Crippen LogP contribution in [0.4, 0.5) is 0 Å². The molecule has 3 rings (SSSR count). The van der Waals surface area contributed by atoms with E-state index in [1.807, 2.05) is 0 Å². The molecule has 3 nitrogen and oxygen atoms in total. The summed E-state index contributed by atoms with van der Waals surface area (Å²) in [6.45, 7) is 8.59. The van der Waals surface area contributed by atoms with E-state index in [-0.39, 0.29) is 11.2 Å². The molecular weight excluding hydrogens is 300 g/mol. The van der Waals surface area contributed by atoms with Crippen molar-refractivity contribution in [1.82, 2.24) is 0 Å². The lowest BCUT2D eigenvalue weighted by atomic mass is 9.91. The average Bonchev–Trinajstić information content (AvgIpc) is 2.54. The summed E-state index contributed by atoms with van der Waals surface area (Å²) in [5, 5.41) is 10.0. The Morgan fingerprint density at radius 3 is 2.12 bits per heavy atom. The Hall–Kier alpha value is -2.55. The summed E-state index contributed by atoms with van der Waals surface area (Å²) >= 11 is 0. The number of hydrogen-bond donors (Lipinski definition) is 1. The molecule has 0 radical (unpaired) electrons. The highest BCUT2D eigenvalue weighted by atomic mass is 16.3. The van der Waals surface area contributed by atoms with Gasteiger partial charge in [0.1, 0.15) is 17.6 Å². The molecule has 0 saturated heterocycles. The van der Waals surface area contributed by atoms with Gasteiger partial charge in [0.2, 0.25) is 0 Å². The normalized spacial score (nSPS) is 11.6. The van der Waals surface area contributed by atoms with E-state index < -0.39 is 0 Å². The molecule has 0 aliphatic carbocycles. The standard InChI is InChI=1S/C21H22O3/c1-12(2)14-7-15(13(3)4)9-16(8-14)19-11-24-20-10-17(22)5-6-18(20)21(19)23/h5-13,22H,1-4H3. The van der Waals surface area contributed by atoms with Crippen molar-refractivity contribution in [2.24, 2.45) is 0 Å². The van der Waals surface area contributed by atoms with Crippen LogP contribution in [0.3, 0.4) is 0 Å². The van der Waals surface area contributed by atoms with Crippen molar-refractivity contribution < 1.29 is 9.52 Å². The van der Waals surface area contributed by atoms with E-state index in [0.29, 0.717) is 28.4 Å². The van der Waals surface area contributed by atoms with Crippen molar-refractivity contribution in [3.8, 4) is 16.9 Å². The maximum atomic E-state index is 12.9. The van der Waals surface area contributed by atoms with Gasteiger partial charge < -0.3 is 9.52 Å². The summed E-state index contributed by atoms with van der Waals surface area (Å²) in [7, 11) is 0. The molecule has 0 atom stereocenters. The molecule has 1 N–H and O–H groups in total. The summed E-state index contributed by atoms with van der Waals surface area (Å²) in [5.41, 5.74) is 4.17. The molecule has 0 fully saturated rings. The fourth-order valence-corrected chi connectivity index (χ4v) is 2.81. The maximum Gasteiger partial charge on any atom is 0.200 e. The number of benzene rings is 2. The second-order valence-electron chi connectivity index (χ2n) is 6.86. The van der Waals surface area contributed by atoms with Gasteiger partial charge in [0.05, 0.1) is 10.9 Å². The number of phenolic OH excluding ortho intramolecular Hbond substituents is 1. The molecule has 124 valence electrons. The van der Waals surface area contributed by atoms with Crippen LogP contribution in [0.5, 0.6) is 5.75 Å². The molecule has 3 aromatic rings. The van der Waals surface area contributed by atoms with Crippen LogP contribution >= 0.6 is 0 Å². The van der Waals surface area contributed by atoms with Crippen LogP contribution in [0.2, 0.25) is 0 Å². The van der Waals surface area contributed by atoms with Gasteiger partial charge in [-0.3, -0.25) is 4.79 Å².